The quantitative estimate of drug-likeness (QED) is 0.809. The van der Waals surface area contributed by atoms with Gasteiger partial charge in [0.2, 0.25) is 0 Å². The Morgan fingerprint density at radius 1 is 1.29 bits per heavy atom. The van der Waals surface area contributed by atoms with E-state index in [0.717, 1.165) is 0 Å². The summed E-state index contributed by atoms with van der Waals surface area (Å²) in [6, 6.07) is 5.74. The van der Waals surface area contributed by atoms with Crippen molar-refractivity contribution in [2.45, 2.75) is 12.3 Å². The van der Waals surface area contributed by atoms with E-state index in [1.165, 1.54) is 31.4 Å². The Kier molecular flexibility index (Phi) is 3.41. The molecule has 14 heavy (non-hydrogen) atoms. The van der Waals surface area contributed by atoms with E-state index in [2.05, 4.69) is 0 Å². The highest BCUT2D eigenvalue weighted by atomic mass is 19.3. The molecule has 0 fully saturated rings. The third-order valence-electron chi connectivity index (χ3n) is 1.97. The van der Waals surface area contributed by atoms with E-state index in [1.807, 2.05) is 0 Å². The van der Waals surface area contributed by atoms with Crippen molar-refractivity contribution < 1.29 is 13.5 Å². The maximum Gasteiger partial charge on any atom is 0.274 e. The second-order valence-corrected chi connectivity index (χ2v) is 2.97. The Labute approximate surface area is 81.7 Å². The summed E-state index contributed by atoms with van der Waals surface area (Å²) in [6.45, 7) is -0.0287. The number of hydrogen-bond acceptors (Lipinski definition) is 2. The first kappa shape index (κ1) is 10.9. The first-order valence-electron chi connectivity index (χ1n) is 4.32. The van der Waals surface area contributed by atoms with Gasteiger partial charge < -0.3 is 10.5 Å². The fourth-order valence-electron chi connectivity index (χ4n) is 1.16. The third-order valence-corrected chi connectivity index (χ3v) is 1.97. The van der Waals surface area contributed by atoms with Crippen molar-refractivity contribution in [3.8, 4) is 5.75 Å². The molecule has 78 valence electrons. The van der Waals surface area contributed by atoms with Gasteiger partial charge in [0, 0.05) is 12.0 Å². The zero-order valence-corrected chi connectivity index (χ0v) is 7.97. The molecule has 1 aromatic carbocycles. The van der Waals surface area contributed by atoms with Crippen LogP contribution in [0.2, 0.25) is 0 Å². The smallest absolute Gasteiger partial charge is 0.274 e. The molecule has 0 aromatic heterocycles. The molecule has 0 aliphatic carbocycles. The molecule has 2 N–H and O–H groups in total. The van der Waals surface area contributed by atoms with Crippen molar-refractivity contribution in [3.63, 3.8) is 0 Å². The SMILES string of the molecule is COc1ccc(C(F)(F)CCN)cc1. The van der Waals surface area contributed by atoms with Gasteiger partial charge in [0.25, 0.3) is 5.92 Å². The number of ether oxygens (including phenoxy) is 1. The Balaban J connectivity index is 2.85. The van der Waals surface area contributed by atoms with Crippen LogP contribution in [0.4, 0.5) is 8.78 Å². The van der Waals surface area contributed by atoms with E-state index in [0.29, 0.717) is 5.75 Å². The summed E-state index contributed by atoms with van der Waals surface area (Å²) < 4.78 is 31.4. The van der Waals surface area contributed by atoms with Crippen LogP contribution in [0.1, 0.15) is 12.0 Å². The average molecular weight is 201 g/mol. The highest BCUT2D eigenvalue weighted by molar-refractivity contribution is 5.29. The van der Waals surface area contributed by atoms with Gasteiger partial charge in [-0.15, -0.1) is 0 Å². The molecule has 0 saturated heterocycles. The number of methoxy groups -OCH3 is 1. The van der Waals surface area contributed by atoms with Gasteiger partial charge in [-0.3, -0.25) is 0 Å². The highest BCUT2D eigenvalue weighted by Gasteiger charge is 2.29. The van der Waals surface area contributed by atoms with Crippen LogP contribution in [0, 0.1) is 0 Å². The molecule has 0 heterocycles. The van der Waals surface area contributed by atoms with Gasteiger partial charge in [0.15, 0.2) is 0 Å². The van der Waals surface area contributed by atoms with Crippen molar-refractivity contribution in [2.75, 3.05) is 13.7 Å². The number of rotatable bonds is 4. The summed E-state index contributed by atoms with van der Waals surface area (Å²) >= 11 is 0. The molecule has 0 radical (unpaired) electrons. The molecule has 0 saturated carbocycles. The Morgan fingerprint density at radius 2 is 1.86 bits per heavy atom. The average Bonchev–Trinajstić information content (AvgIpc) is 2.18. The van der Waals surface area contributed by atoms with Crippen molar-refractivity contribution in [3.05, 3.63) is 29.8 Å². The van der Waals surface area contributed by atoms with E-state index in [9.17, 15) is 8.78 Å². The molecule has 0 unspecified atom stereocenters. The topological polar surface area (TPSA) is 35.2 Å². The zero-order valence-electron chi connectivity index (χ0n) is 7.97. The van der Waals surface area contributed by atoms with Gasteiger partial charge in [-0.1, -0.05) is 0 Å². The van der Waals surface area contributed by atoms with E-state index < -0.39 is 5.92 Å². The van der Waals surface area contributed by atoms with Crippen LogP contribution in [0.5, 0.6) is 5.75 Å². The van der Waals surface area contributed by atoms with Crippen molar-refractivity contribution in [1.29, 1.82) is 0 Å². The molecule has 0 spiro atoms. The fourth-order valence-corrected chi connectivity index (χ4v) is 1.16. The number of hydrogen-bond donors (Lipinski definition) is 1. The predicted octanol–water partition coefficient (Wildman–Crippen LogP) is 2.14. The fraction of sp³-hybridized carbons (Fsp3) is 0.400. The largest absolute Gasteiger partial charge is 0.497 e. The standard InChI is InChI=1S/C10H13F2NO/c1-14-9-4-2-8(3-5-9)10(11,12)6-7-13/h2-5H,6-7,13H2,1H3. The summed E-state index contributed by atoms with van der Waals surface area (Å²) in [5, 5.41) is 0. The lowest BCUT2D eigenvalue weighted by atomic mass is 10.1. The molecule has 1 rings (SSSR count). The third kappa shape index (κ3) is 2.42. The molecule has 0 aliphatic heterocycles. The summed E-state index contributed by atoms with van der Waals surface area (Å²) in [5.74, 6) is -2.28. The minimum atomic E-state index is -2.85. The molecule has 2 nitrogen and oxygen atoms in total. The molecule has 4 heteroatoms. The van der Waals surface area contributed by atoms with Crippen molar-refractivity contribution in [2.24, 2.45) is 5.73 Å². The molecule has 0 aliphatic rings. The van der Waals surface area contributed by atoms with Crippen molar-refractivity contribution >= 4 is 0 Å². The van der Waals surface area contributed by atoms with E-state index in [1.54, 1.807) is 0 Å². The van der Waals surface area contributed by atoms with E-state index >= 15 is 0 Å². The molecule has 1 aromatic rings. The zero-order chi connectivity index (χ0) is 10.6. The Morgan fingerprint density at radius 3 is 2.29 bits per heavy atom. The number of benzene rings is 1. The maximum atomic E-state index is 13.3. The number of alkyl halides is 2. The van der Waals surface area contributed by atoms with Gasteiger partial charge in [-0.05, 0) is 30.8 Å². The van der Waals surface area contributed by atoms with Gasteiger partial charge in [-0.25, -0.2) is 8.78 Å². The van der Waals surface area contributed by atoms with Gasteiger partial charge in [0.05, 0.1) is 7.11 Å². The second kappa shape index (κ2) is 4.37. The van der Waals surface area contributed by atoms with Gasteiger partial charge in [0.1, 0.15) is 5.75 Å². The molecule has 0 bridgehead atoms. The predicted molar refractivity (Wildman–Crippen MR) is 50.6 cm³/mol. The lowest BCUT2D eigenvalue weighted by Crippen LogP contribution is -2.18. The summed E-state index contributed by atoms with van der Waals surface area (Å²) in [4.78, 5) is 0. The molecular weight excluding hydrogens is 188 g/mol. The highest BCUT2D eigenvalue weighted by Crippen LogP contribution is 2.31. The van der Waals surface area contributed by atoms with Crippen LogP contribution in [0.15, 0.2) is 24.3 Å². The second-order valence-electron chi connectivity index (χ2n) is 2.97. The minimum Gasteiger partial charge on any atom is -0.497 e. The summed E-state index contributed by atoms with van der Waals surface area (Å²) in [6.07, 6.45) is -0.334. The van der Waals surface area contributed by atoms with Crippen molar-refractivity contribution in [1.82, 2.24) is 0 Å². The van der Waals surface area contributed by atoms with E-state index in [-0.39, 0.29) is 18.5 Å². The lowest BCUT2D eigenvalue weighted by Gasteiger charge is -2.15. The Bertz CT molecular complexity index is 285. The maximum absolute atomic E-state index is 13.3. The lowest BCUT2D eigenvalue weighted by molar-refractivity contribution is -0.0107. The number of nitrogens with two attached hydrogens (primary N) is 1. The van der Waals surface area contributed by atoms with Crippen LogP contribution >= 0.6 is 0 Å². The van der Waals surface area contributed by atoms with E-state index in [4.69, 9.17) is 10.5 Å². The summed E-state index contributed by atoms with van der Waals surface area (Å²) in [7, 11) is 1.49. The Hall–Kier alpha value is -1.16. The molecular formula is C10H13F2NO. The first-order chi connectivity index (χ1) is 6.60. The van der Waals surface area contributed by atoms with Gasteiger partial charge in [-0.2, -0.15) is 0 Å². The van der Waals surface area contributed by atoms with Crippen LogP contribution in [0.3, 0.4) is 0 Å². The van der Waals surface area contributed by atoms with Crippen LogP contribution in [-0.2, 0) is 5.92 Å². The molecule has 0 amide bonds. The van der Waals surface area contributed by atoms with Gasteiger partial charge >= 0.3 is 0 Å². The first-order valence-corrected chi connectivity index (χ1v) is 4.32. The van der Waals surface area contributed by atoms with Crippen LogP contribution in [-0.4, -0.2) is 13.7 Å². The van der Waals surface area contributed by atoms with Crippen LogP contribution < -0.4 is 10.5 Å². The van der Waals surface area contributed by atoms with Crippen LogP contribution in [0.25, 0.3) is 0 Å². The molecule has 0 atom stereocenters. The number of halogens is 2. The monoisotopic (exact) mass is 201 g/mol. The normalized spacial score (nSPS) is 11.4. The minimum absolute atomic E-state index is 0.0243. The summed E-state index contributed by atoms with van der Waals surface area (Å²) in [5.41, 5.74) is 5.08.